The smallest absolute Gasteiger partial charge is 0.410 e. The van der Waals surface area contributed by atoms with Crippen LogP contribution in [0.5, 0.6) is 11.5 Å². The number of hydrogen-bond acceptors (Lipinski definition) is 6. The Hall–Kier alpha value is -2.48. The Bertz CT molecular complexity index is 621. The summed E-state index contributed by atoms with van der Waals surface area (Å²) in [4.78, 5) is 27.1. The van der Waals surface area contributed by atoms with Crippen LogP contribution in [-0.4, -0.2) is 73.5 Å². The van der Waals surface area contributed by atoms with E-state index in [1.807, 2.05) is 6.07 Å². The SMILES string of the molecule is CCOC(=O)N1CC(=O)N(Cc2cccc(OC)c2OC)CC(O)C1. The Morgan fingerprint density at radius 1 is 1.28 bits per heavy atom. The molecule has 0 radical (unpaired) electrons. The molecule has 1 heterocycles. The highest BCUT2D eigenvalue weighted by Gasteiger charge is 2.30. The highest BCUT2D eigenvalue weighted by Crippen LogP contribution is 2.31. The molecule has 1 saturated heterocycles. The zero-order valence-corrected chi connectivity index (χ0v) is 14.7. The molecule has 0 saturated carbocycles. The maximum Gasteiger partial charge on any atom is 0.410 e. The van der Waals surface area contributed by atoms with Crippen molar-refractivity contribution in [2.24, 2.45) is 0 Å². The Morgan fingerprint density at radius 2 is 2.04 bits per heavy atom. The first-order valence-electron chi connectivity index (χ1n) is 8.07. The van der Waals surface area contributed by atoms with Gasteiger partial charge in [0, 0.05) is 18.7 Å². The second-order valence-electron chi connectivity index (χ2n) is 5.66. The maximum atomic E-state index is 12.5. The number of nitrogens with zero attached hydrogens (tertiary/aromatic N) is 2. The van der Waals surface area contributed by atoms with E-state index in [1.165, 1.54) is 16.9 Å². The minimum Gasteiger partial charge on any atom is -0.493 e. The summed E-state index contributed by atoms with van der Waals surface area (Å²) >= 11 is 0. The van der Waals surface area contributed by atoms with E-state index >= 15 is 0 Å². The molecule has 0 spiro atoms. The lowest BCUT2D eigenvalue weighted by Crippen LogP contribution is -2.39. The molecule has 1 aromatic carbocycles. The van der Waals surface area contributed by atoms with Gasteiger partial charge < -0.3 is 24.2 Å². The largest absolute Gasteiger partial charge is 0.493 e. The van der Waals surface area contributed by atoms with Crippen LogP contribution in [-0.2, 0) is 16.1 Å². The van der Waals surface area contributed by atoms with Crippen LogP contribution in [0.2, 0.25) is 0 Å². The summed E-state index contributed by atoms with van der Waals surface area (Å²) < 4.78 is 15.6. The van der Waals surface area contributed by atoms with Gasteiger partial charge in [0.1, 0.15) is 6.54 Å². The Morgan fingerprint density at radius 3 is 2.68 bits per heavy atom. The summed E-state index contributed by atoms with van der Waals surface area (Å²) in [7, 11) is 3.07. The molecule has 8 nitrogen and oxygen atoms in total. The summed E-state index contributed by atoms with van der Waals surface area (Å²) in [5.41, 5.74) is 0.756. The van der Waals surface area contributed by atoms with Crippen molar-refractivity contribution < 1.29 is 28.9 Å². The van der Waals surface area contributed by atoms with E-state index in [0.29, 0.717) is 11.5 Å². The van der Waals surface area contributed by atoms with E-state index in [4.69, 9.17) is 14.2 Å². The fourth-order valence-electron chi connectivity index (χ4n) is 2.79. The molecule has 1 aliphatic heterocycles. The first-order valence-corrected chi connectivity index (χ1v) is 8.07. The monoisotopic (exact) mass is 352 g/mol. The van der Waals surface area contributed by atoms with E-state index in [2.05, 4.69) is 0 Å². The van der Waals surface area contributed by atoms with Crippen LogP contribution in [0.15, 0.2) is 18.2 Å². The zero-order chi connectivity index (χ0) is 18.4. The van der Waals surface area contributed by atoms with Gasteiger partial charge in [-0.1, -0.05) is 12.1 Å². The molecule has 1 aliphatic rings. The number of para-hydroxylation sites is 1. The summed E-state index contributed by atoms with van der Waals surface area (Å²) in [5, 5.41) is 10.2. The molecule has 0 bridgehead atoms. The van der Waals surface area contributed by atoms with Crippen molar-refractivity contribution in [2.45, 2.75) is 19.6 Å². The van der Waals surface area contributed by atoms with Crippen LogP contribution < -0.4 is 9.47 Å². The number of aliphatic hydroxyl groups is 1. The standard InChI is InChI=1S/C17H24N2O6/c1-4-25-17(22)19-10-13(20)9-18(15(21)11-19)8-12-6-5-7-14(23-2)16(12)24-3/h5-7,13,20H,4,8-11H2,1-3H3. The van der Waals surface area contributed by atoms with E-state index in [9.17, 15) is 14.7 Å². The van der Waals surface area contributed by atoms with Gasteiger partial charge in [-0.05, 0) is 13.0 Å². The highest BCUT2D eigenvalue weighted by molar-refractivity contribution is 5.83. The van der Waals surface area contributed by atoms with Crippen LogP contribution >= 0.6 is 0 Å². The minimum absolute atomic E-state index is 0.0519. The van der Waals surface area contributed by atoms with E-state index in [0.717, 1.165) is 5.56 Å². The Kier molecular flexibility index (Phi) is 6.46. The summed E-state index contributed by atoms with van der Waals surface area (Å²) in [6.07, 6.45) is -1.46. The van der Waals surface area contributed by atoms with Gasteiger partial charge in [-0.2, -0.15) is 0 Å². The quantitative estimate of drug-likeness (QED) is 0.846. The topological polar surface area (TPSA) is 88.5 Å². The lowest BCUT2D eigenvalue weighted by Gasteiger charge is -2.23. The van der Waals surface area contributed by atoms with Crippen molar-refractivity contribution in [1.29, 1.82) is 0 Å². The van der Waals surface area contributed by atoms with Gasteiger partial charge in [0.15, 0.2) is 11.5 Å². The normalized spacial score (nSPS) is 17.9. The maximum absolute atomic E-state index is 12.5. The number of amides is 2. The first kappa shape index (κ1) is 18.9. The number of aliphatic hydroxyl groups excluding tert-OH is 1. The van der Waals surface area contributed by atoms with Crippen LogP contribution in [0.4, 0.5) is 4.79 Å². The van der Waals surface area contributed by atoms with Crippen molar-refractivity contribution in [3.63, 3.8) is 0 Å². The third-order valence-electron chi connectivity index (χ3n) is 3.91. The van der Waals surface area contributed by atoms with Gasteiger partial charge in [-0.15, -0.1) is 0 Å². The fourth-order valence-corrected chi connectivity index (χ4v) is 2.79. The average Bonchev–Trinajstić information content (AvgIpc) is 2.73. The van der Waals surface area contributed by atoms with Crippen molar-refractivity contribution in [2.75, 3.05) is 40.5 Å². The molecule has 1 unspecified atom stereocenters. The molecule has 1 atom stereocenters. The second-order valence-corrected chi connectivity index (χ2v) is 5.66. The molecule has 1 fully saturated rings. The first-order chi connectivity index (χ1) is 12.0. The number of β-amino-alcohol motifs (C(OH)–C–C–N with tert-alkyl or cyclic N) is 1. The average molecular weight is 352 g/mol. The molecule has 1 aromatic rings. The number of hydrogen-bond donors (Lipinski definition) is 1. The number of methoxy groups -OCH3 is 2. The predicted molar refractivity (Wildman–Crippen MR) is 89.6 cm³/mol. The molecule has 25 heavy (non-hydrogen) atoms. The van der Waals surface area contributed by atoms with Gasteiger partial charge in [-0.3, -0.25) is 9.69 Å². The Balaban J connectivity index is 2.17. The molecule has 138 valence electrons. The van der Waals surface area contributed by atoms with Crippen LogP contribution in [0.1, 0.15) is 12.5 Å². The second kappa shape index (κ2) is 8.57. The Labute approximate surface area is 146 Å². The summed E-state index contributed by atoms with van der Waals surface area (Å²) in [6.45, 7) is 2.18. The van der Waals surface area contributed by atoms with Crippen LogP contribution in [0.25, 0.3) is 0 Å². The van der Waals surface area contributed by atoms with Gasteiger partial charge in [0.05, 0.1) is 33.5 Å². The predicted octanol–water partition coefficient (Wildman–Crippen LogP) is 0.865. The number of ether oxygens (including phenoxy) is 3. The molecule has 0 aromatic heterocycles. The number of benzene rings is 1. The van der Waals surface area contributed by atoms with Crippen LogP contribution in [0.3, 0.4) is 0 Å². The van der Waals surface area contributed by atoms with Crippen LogP contribution in [0, 0.1) is 0 Å². The third-order valence-corrected chi connectivity index (χ3v) is 3.91. The summed E-state index contributed by atoms with van der Waals surface area (Å²) in [6, 6.07) is 5.40. The molecule has 0 aliphatic carbocycles. The van der Waals surface area contributed by atoms with Gasteiger partial charge in [0.25, 0.3) is 0 Å². The van der Waals surface area contributed by atoms with Gasteiger partial charge in [0.2, 0.25) is 5.91 Å². The third kappa shape index (κ3) is 4.54. The number of carbonyl (C=O) groups excluding carboxylic acids is 2. The molecular formula is C17H24N2O6. The summed E-state index contributed by atoms with van der Waals surface area (Å²) in [5.74, 6) is 0.837. The molecule has 1 N–H and O–H groups in total. The molecule has 2 amide bonds. The lowest BCUT2D eigenvalue weighted by molar-refractivity contribution is -0.132. The van der Waals surface area contributed by atoms with Crippen molar-refractivity contribution in [3.05, 3.63) is 23.8 Å². The molecule has 8 heteroatoms. The highest BCUT2D eigenvalue weighted by atomic mass is 16.6. The van der Waals surface area contributed by atoms with Gasteiger partial charge in [-0.25, -0.2) is 4.79 Å². The van der Waals surface area contributed by atoms with Crippen molar-refractivity contribution in [1.82, 2.24) is 9.80 Å². The molecular weight excluding hydrogens is 328 g/mol. The minimum atomic E-state index is -0.854. The fraction of sp³-hybridized carbons (Fsp3) is 0.529. The van der Waals surface area contributed by atoms with E-state index < -0.39 is 12.2 Å². The lowest BCUT2D eigenvalue weighted by atomic mass is 10.1. The van der Waals surface area contributed by atoms with E-state index in [1.54, 1.807) is 26.2 Å². The zero-order valence-electron chi connectivity index (χ0n) is 14.7. The number of carbonyl (C=O) groups is 2. The van der Waals surface area contributed by atoms with Gasteiger partial charge >= 0.3 is 6.09 Å². The van der Waals surface area contributed by atoms with Crippen molar-refractivity contribution in [3.8, 4) is 11.5 Å². The van der Waals surface area contributed by atoms with Crippen molar-refractivity contribution >= 4 is 12.0 Å². The molecule has 2 rings (SSSR count). The number of rotatable bonds is 5. The van der Waals surface area contributed by atoms with E-state index in [-0.39, 0.29) is 38.7 Å².